The molecule has 0 radical (unpaired) electrons. The van der Waals surface area contributed by atoms with Gasteiger partial charge in [-0.25, -0.2) is 0 Å². The number of nitrogens with one attached hydrogen (secondary N) is 2. The molecule has 0 atom stereocenters. The summed E-state index contributed by atoms with van der Waals surface area (Å²) in [6.07, 6.45) is 31.2. The summed E-state index contributed by atoms with van der Waals surface area (Å²) in [5, 5.41) is 6.03. The standard InChI is InChI=1S/C30H56N2O2/c1-3-5-7-9-11-13-15-17-19-23-27-31-29(33)25-21-22-26-30(34)32-28-24-20-18-16-14-12-10-8-6-4-2/h9-12H,3-8,13-28H2,1-2H3,(H,31,33)(H,32,34)/b11-9+,12-10+. The monoisotopic (exact) mass is 476 g/mol. The van der Waals surface area contributed by atoms with E-state index in [-0.39, 0.29) is 11.8 Å². The molecule has 0 aromatic carbocycles. The molecule has 0 spiro atoms. The Morgan fingerprint density at radius 1 is 0.471 bits per heavy atom. The van der Waals surface area contributed by atoms with Crippen molar-refractivity contribution in [1.29, 1.82) is 0 Å². The second-order valence-corrected chi connectivity index (χ2v) is 9.54. The lowest BCUT2D eigenvalue weighted by Crippen LogP contribution is -2.25. The Labute approximate surface area is 211 Å². The molecular weight excluding hydrogens is 420 g/mol. The molecule has 198 valence electrons. The molecule has 0 aliphatic carbocycles. The van der Waals surface area contributed by atoms with E-state index in [1.807, 2.05) is 0 Å². The van der Waals surface area contributed by atoms with Crippen LogP contribution in [0.4, 0.5) is 0 Å². The summed E-state index contributed by atoms with van der Waals surface area (Å²) in [4.78, 5) is 23.8. The van der Waals surface area contributed by atoms with E-state index in [4.69, 9.17) is 0 Å². The van der Waals surface area contributed by atoms with Crippen LogP contribution in [0.2, 0.25) is 0 Å². The van der Waals surface area contributed by atoms with Crippen LogP contribution >= 0.6 is 0 Å². The summed E-state index contributed by atoms with van der Waals surface area (Å²) in [5.41, 5.74) is 0. The smallest absolute Gasteiger partial charge is 0.219 e. The van der Waals surface area contributed by atoms with Gasteiger partial charge in [-0.2, -0.15) is 0 Å². The van der Waals surface area contributed by atoms with Gasteiger partial charge in [0.05, 0.1) is 0 Å². The summed E-state index contributed by atoms with van der Waals surface area (Å²) >= 11 is 0. The molecule has 4 nitrogen and oxygen atoms in total. The van der Waals surface area contributed by atoms with E-state index in [0.717, 1.165) is 38.8 Å². The number of hydrogen-bond acceptors (Lipinski definition) is 2. The third-order valence-corrected chi connectivity index (χ3v) is 6.08. The van der Waals surface area contributed by atoms with E-state index in [9.17, 15) is 9.59 Å². The minimum atomic E-state index is 0.125. The molecule has 0 aromatic rings. The van der Waals surface area contributed by atoms with Gasteiger partial charge in [0.2, 0.25) is 11.8 Å². The average molecular weight is 477 g/mol. The van der Waals surface area contributed by atoms with Gasteiger partial charge in [0.15, 0.2) is 0 Å². The Morgan fingerprint density at radius 3 is 1.21 bits per heavy atom. The maximum Gasteiger partial charge on any atom is 0.219 e. The number of hydrogen-bond donors (Lipinski definition) is 2. The third-order valence-electron chi connectivity index (χ3n) is 6.08. The Bertz CT molecular complexity index is 468. The van der Waals surface area contributed by atoms with Gasteiger partial charge in [-0.3, -0.25) is 9.59 Å². The number of carbonyl (C=O) groups is 2. The fourth-order valence-corrected chi connectivity index (χ4v) is 3.80. The first kappa shape index (κ1) is 32.4. The van der Waals surface area contributed by atoms with Crippen molar-refractivity contribution in [2.45, 2.75) is 142 Å². The summed E-state index contributed by atoms with van der Waals surface area (Å²) in [5.74, 6) is 0.249. The van der Waals surface area contributed by atoms with Crippen LogP contribution in [0.15, 0.2) is 24.3 Å². The molecule has 0 unspecified atom stereocenters. The second kappa shape index (κ2) is 27.7. The van der Waals surface area contributed by atoms with Crippen LogP contribution < -0.4 is 10.6 Å². The van der Waals surface area contributed by atoms with Gasteiger partial charge >= 0.3 is 0 Å². The molecule has 0 aliphatic heterocycles. The van der Waals surface area contributed by atoms with Crippen molar-refractivity contribution in [3.8, 4) is 0 Å². The van der Waals surface area contributed by atoms with Crippen LogP contribution in [0.25, 0.3) is 0 Å². The van der Waals surface area contributed by atoms with Gasteiger partial charge in [0.25, 0.3) is 0 Å². The zero-order valence-corrected chi connectivity index (χ0v) is 22.7. The summed E-state index contributed by atoms with van der Waals surface area (Å²) in [6, 6.07) is 0. The van der Waals surface area contributed by atoms with Gasteiger partial charge in [-0.1, -0.05) is 89.5 Å². The molecule has 0 heterocycles. The highest BCUT2D eigenvalue weighted by Crippen LogP contribution is 2.06. The molecule has 2 N–H and O–H groups in total. The molecule has 0 aromatic heterocycles. The second-order valence-electron chi connectivity index (χ2n) is 9.54. The predicted octanol–water partition coefficient (Wildman–Crippen LogP) is 8.17. The van der Waals surface area contributed by atoms with Crippen molar-refractivity contribution in [1.82, 2.24) is 10.6 Å². The van der Waals surface area contributed by atoms with E-state index in [2.05, 4.69) is 48.8 Å². The quantitative estimate of drug-likeness (QED) is 0.103. The first-order valence-electron chi connectivity index (χ1n) is 14.5. The highest BCUT2D eigenvalue weighted by molar-refractivity contribution is 5.77. The number of amides is 2. The maximum absolute atomic E-state index is 11.9. The Hall–Kier alpha value is -1.58. The van der Waals surface area contributed by atoms with Crippen LogP contribution in [-0.4, -0.2) is 24.9 Å². The molecule has 0 aliphatic rings. The highest BCUT2D eigenvalue weighted by atomic mass is 16.2. The van der Waals surface area contributed by atoms with Gasteiger partial charge in [-0.15, -0.1) is 0 Å². The third kappa shape index (κ3) is 26.7. The fraction of sp³-hybridized carbons (Fsp3) is 0.800. The minimum Gasteiger partial charge on any atom is -0.356 e. The van der Waals surface area contributed by atoms with E-state index >= 15 is 0 Å². The van der Waals surface area contributed by atoms with E-state index < -0.39 is 0 Å². The number of allylic oxidation sites excluding steroid dienone is 4. The summed E-state index contributed by atoms with van der Waals surface area (Å²) < 4.78 is 0. The lowest BCUT2D eigenvalue weighted by atomic mass is 10.1. The van der Waals surface area contributed by atoms with E-state index in [1.54, 1.807) is 0 Å². The van der Waals surface area contributed by atoms with Crippen molar-refractivity contribution >= 4 is 11.8 Å². The van der Waals surface area contributed by atoms with Crippen LogP contribution in [-0.2, 0) is 9.59 Å². The van der Waals surface area contributed by atoms with Crippen LogP contribution in [0.1, 0.15) is 142 Å². The molecule has 0 rings (SSSR count). The number of rotatable bonds is 25. The van der Waals surface area contributed by atoms with Gasteiger partial charge < -0.3 is 10.6 Å². The number of carbonyl (C=O) groups excluding carboxylic acids is 2. The molecule has 0 fully saturated rings. The van der Waals surface area contributed by atoms with Crippen LogP contribution in [0.5, 0.6) is 0 Å². The Kier molecular flexibility index (Phi) is 26.4. The predicted molar refractivity (Wildman–Crippen MR) is 148 cm³/mol. The Morgan fingerprint density at radius 2 is 0.824 bits per heavy atom. The SMILES string of the molecule is CCCC/C=C/CCCCCCNC(=O)CCCCC(=O)NCCCCCC/C=C/CCCC. The molecule has 0 saturated heterocycles. The van der Waals surface area contributed by atoms with Crippen LogP contribution in [0.3, 0.4) is 0 Å². The minimum absolute atomic E-state index is 0.125. The van der Waals surface area contributed by atoms with Crippen molar-refractivity contribution in [3.63, 3.8) is 0 Å². The Balaban J connectivity index is 3.35. The average Bonchev–Trinajstić information content (AvgIpc) is 2.83. The summed E-state index contributed by atoms with van der Waals surface area (Å²) in [6.45, 7) is 6.01. The fourth-order valence-electron chi connectivity index (χ4n) is 3.80. The molecular formula is C30H56N2O2. The molecule has 2 amide bonds. The zero-order chi connectivity index (χ0) is 25.0. The lowest BCUT2D eigenvalue weighted by Gasteiger charge is -2.06. The summed E-state index contributed by atoms with van der Waals surface area (Å²) in [7, 11) is 0. The van der Waals surface area contributed by atoms with Gasteiger partial charge in [0, 0.05) is 25.9 Å². The van der Waals surface area contributed by atoms with Gasteiger partial charge in [-0.05, 0) is 64.2 Å². The number of unbranched alkanes of at least 4 members (excludes halogenated alkanes) is 13. The van der Waals surface area contributed by atoms with E-state index in [0.29, 0.717) is 12.8 Å². The molecule has 0 saturated carbocycles. The topological polar surface area (TPSA) is 58.2 Å². The maximum atomic E-state index is 11.9. The van der Waals surface area contributed by atoms with Crippen LogP contribution in [0, 0.1) is 0 Å². The lowest BCUT2D eigenvalue weighted by molar-refractivity contribution is -0.123. The van der Waals surface area contributed by atoms with E-state index in [1.165, 1.54) is 89.9 Å². The first-order valence-corrected chi connectivity index (χ1v) is 14.5. The molecule has 4 heteroatoms. The van der Waals surface area contributed by atoms with Crippen molar-refractivity contribution in [3.05, 3.63) is 24.3 Å². The van der Waals surface area contributed by atoms with Crippen molar-refractivity contribution < 1.29 is 9.59 Å². The van der Waals surface area contributed by atoms with Crippen molar-refractivity contribution in [2.24, 2.45) is 0 Å². The normalized spacial score (nSPS) is 11.5. The molecule has 0 bridgehead atoms. The van der Waals surface area contributed by atoms with Crippen molar-refractivity contribution in [2.75, 3.05) is 13.1 Å². The zero-order valence-electron chi connectivity index (χ0n) is 22.7. The largest absolute Gasteiger partial charge is 0.356 e. The molecule has 34 heavy (non-hydrogen) atoms. The first-order chi connectivity index (χ1) is 16.7. The highest BCUT2D eigenvalue weighted by Gasteiger charge is 2.04. The van der Waals surface area contributed by atoms with Gasteiger partial charge in [0.1, 0.15) is 0 Å².